The number of nitrogens with one attached hydrogen (secondary N) is 2. The Morgan fingerprint density at radius 1 is 1.18 bits per heavy atom. The monoisotopic (exact) mass is 627 g/mol. The van der Waals surface area contributed by atoms with E-state index in [0.717, 1.165) is 29.8 Å². The molecule has 5 aromatic rings. The van der Waals surface area contributed by atoms with Crippen molar-refractivity contribution in [3.8, 4) is 11.3 Å². The average molecular weight is 628 g/mol. The molecule has 236 valence electrons. The fourth-order valence-electron chi connectivity index (χ4n) is 6.27. The number of halogens is 3. The second-order valence-corrected chi connectivity index (χ2v) is 12.0. The first-order valence-electron chi connectivity index (χ1n) is 15.9. The van der Waals surface area contributed by atoms with Crippen molar-refractivity contribution in [2.24, 2.45) is 19.9 Å². The Labute approximate surface area is 257 Å². The van der Waals surface area contributed by atoms with E-state index in [1.54, 1.807) is 0 Å². The molecule has 5 aromatic heterocycles. The van der Waals surface area contributed by atoms with Crippen LogP contribution < -0.4 is 16.3 Å². The van der Waals surface area contributed by atoms with Gasteiger partial charge >= 0.3 is 12.0 Å². The van der Waals surface area contributed by atoms with Crippen LogP contribution in [0.5, 0.6) is 0 Å². The van der Waals surface area contributed by atoms with Crippen molar-refractivity contribution in [3.63, 3.8) is 0 Å². The van der Waals surface area contributed by atoms with Crippen molar-refractivity contribution in [1.29, 1.82) is 0 Å². The number of anilines is 2. The second-order valence-electron chi connectivity index (χ2n) is 12.0. The molecule has 13 nitrogen and oxygen atoms in total. The fourth-order valence-corrected chi connectivity index (χ4v) is 6.27. The Bertz CT molecular complexity index is 2150. The number of carbonyl (C=O) groups is 1. The molecule has 0 aromatic carbocycles. The van der Waals surface area contributed by atoms with Crippen LogP contribution in [0.2, 0.25) is 0 Å². The largest absolute Gasteiger partial charge is 0.504 e. The molecule has 2 atom stereocenters. The van der Waals surface area contributed by atoms with Crippen LogP contribution in [0.15, 0.2) is 35.5 Å². The summed E-state index contributed by atoms with van der Waals surface area (Å²) in [5.74, 6) is 0.355. The smallest absolute Gasteiger partial charge is 0.392 e. The van der Waals surface area contributed by atoms with E-state index < -0.39 is 37.2 Å². The van der Waals surface area contributed by atoms with Crippen molar-refractivity contribution in [3.05, 3.63) is 46.8 Å². The van der Waals surface area contributed by atoms with Gasteiger partial charge in [0.05, 0.1) is 35.7 Å². The first-order chi connectivity index (χ1) is 22.6. The molecule has 3 N–H and O–H groups in total. The van der Waals surface area contributed by atoms with Crippen LogP contribution in [0.1, 0.15) is 54.7 Å². The summed E-state index contributed by atoms with van der Waals surface area (Å²) in [6, 6.07) is 2.63. The number of aromatic nitrogens is 8. The van der Waals surface area contributed by atoms with Crippen LogP contribution in [-0.4, -0.2) is 55.2 Å². The summed E-state index contributed by atoms with van der Waals surface area (Å²) < 4.78 is 67.4. The van der Waals surface area contributed by atoms with Crippen molar-refractivity contribution < 1.29 is 27.2 Å². The maximum atomic E-state index is 13.7. The van der Waals surface area contributed by atoms with Gasteiger partial charge in [-0.25, -0.2) is 14.8 Å². The first-order valence-corrected chi connectivity index (χ1v) is 14.4. The molecule has 2 fully saturated rings. The zero-order valence-electron chi connectivity index (χ0n) is 27.3. The zero-order chi connectivity index (χ0) is 34.3. The fraction of sp³-hybridized carbons (Fsp3) is 0.448. The van der Waals surface area contributed by atoms with Crippen LogP contribution in [0.25, 0.3) is 33.3 Å². The summed E-state index contributed by atoms with van der Waals surface area (Å²) in [5, 5.41) is 24.1. The van der Waals surface area contributed by atoms with Crippen LogP contribution in [-0.2, 0) is 31.7 Å². The lowest BCUT2D eigenvalue weighted by atomic mass is 10.00. The molecule has 0 spiro atoms. The lowest BCUT2D eigenvalue weighted by Crippen LogP contribution is -2.45. The lowest BCUT2D eigenvalue weighted by Gasteiger charge is -2.26. The lowest BCUT2D eigenvalue weighted by molar-refractivity contribution is -0.212. The van der Waals surface area contributed by atoms with Gasteiger partial charge in [0.15, 0.2) is 0 Å². The maximum absolute atomic E-state index is 13.7. The summed E-state index contributed by atoms with van der Waals surface area (Å²) in [6.45, 7) is -1.33. The molecule has 2 aliphatic rings. The molecule has 16 heteroatoms. The highest BCUT2D eigenvalue weighted by molar-refractivity contribution is 5.93. The number of hydrogen-bond acceptors (Lipinski definition) is 8. The van der Waals surface area contributed by atoms with Crippen molar-refractivity contribution >= 4 is 39.6 Å². The molecule has 1 amide bonds. The minimum absolute atomic E-state index is 0.0104. The van der Waals surface area contributed by atoms with Gasteiger partial charge in [-0.05, 0) is 45.1 Å². The average Bonchev–Trinajstić information content (AvgIpc) is 3.29. The summed E-state index contributed by atoms with van der Waals surface area (Å²) in [5.41, 5.74) is 0.221. The van der Waals surface area contributed by atoms with E-state index in [1.807, 2.05) is 6.92 Å². The Morgan fingerprint density at radius 3 is 2.67 bits per heavy atom. The van der Waals surface area contributed by atoms with Gasteiger partial charge in [-0.15, -0.1) is 13.2 Å². The van der Waals surface area contributed by atoms with Gasteiger partial charge in [-0.2, -0.15) is 14.9 Å². The molecular weight excluding hydrogens is 593 g/mol. The topological polar surface area (TPSA) is 150 Å². The molecule has 2 aliphatic carbocycles. The zero-order valence-corrected chi connectivity index (χ0v) is 24.3. The third-order valence-corrected chi connectivity index (χ3v) is 8.63. The van der Waals surface area contributed by atoms with Gasteiger partial charge in [0, 0.05) is 59.0 Å². The number of aliphatic hydroxyl groups is 1. The first kappa shape index (κ1) is 25.6. The van der Waals surface area contributed by atoms with Gasteiger partial charge in [-0.3, -0.25) is 18.6 Å². The standard InChI is InChI=1S/C29H31F3N10O3/c1-28(37-26(44)15-4-5-15)7-6-18(10-28)42-19-9-21(33-12-20(19)39(2)27(42)45)35-22-8-16(14-43)23-24(36-22)25(40(3)38-23)17-11-34-41(13-17)29(30,31)32/h8-9,11-13,15,18,43H,4-7,10,14H2,1-3H3,(H,37,44)(H,33,35,36)/t18-,28+/m1/s1/i2D3. The van der Waals surface area contributed by atoms with Crippen molar-refractivity contribution in [2.75, 3.05) is 5.32 Å². The summed E-state index contributed by atoms with van der Waals surface area (Å²) in [6.07, 6.45) is 1.65. The number of carbonyl (C=O) groups excluding carboxylic acids is 1. The molecule has 0 saturated heterocycles. The molecule has 0 radical (unpaired) electrons. The van der Waals surface area contributed by atoms with Crippen LogP contribution in [0, 0.1) is 5.92 Å². The number of imidazole rings is 1. The molecule has 45 heavy (non-hydrogen) atoms. The summed E-state index contributed by atoms with van der Waals surface area (Å²) >= 11 is 0. The van der Waals surface area contributed by atoms with Crippen molar-refractivity contribution in [2.45, 2.75) is 63.5 Å². The number of aryl methyl sites for hydroxylation is 2. The third kappa shape index (κ3) is 5.02. The van der Waals surface area contributed by atoms with E-state index in [2.05, 4.69) is 30.8 Å². The highest BCUT2D eigenvalue weighted by atomic mass is 19.4. The van der Waals surface area contributed by atoms with Crippen LogP contribution in [0.3, 0.4) is 0 Å². The molecule has 5 heterocycles. The van der Waals surface area contributed by atoms with E-state index in [0.29, 0.717) is 30.3 Å². The van der Waals surface area contributed by atoms with Gasteiger partial charge in [0.25, 0.3) is 0 Å². The highest BCUT2D eigenvalue weighted by Crippen LogP contribution is 2.40. The number of rotatable bonds is 7. The predicted octanol–water partition coefficient (Wildman–Crippen LogP) is 3.60. The van der Waals surface area contributed by atoms with E-state index in [-0.39, 0.29) is 56.0 Å². The van der Waals surface area contributed by atoms with E-state index >= 15 is 0 Å². The van der Waals surface area contributed by atoms with Gasteiger partial charge in [0.1, 0.15) is 22.7 Å². The van der Waals surface area contributed by atoms with E-state index in [1.165, 1.54) is 34.6 Å². The molecule has 7 rings (SSSR count). The normalized spacial score (nSPS) is 21.6. The van der Waals surface area contributed by atoms with Gasteiger partial charge in [0.2, 0.25) is 5.91 Å². The minimum atomic E-state index is -4.73. The third-order valence-electron chi connectivity index (χ3n) is 8.63. The number of aliphatic hydroxyl groups excluding tert-OH is 1. The number of pyridine rings is 2. The minimum Gasteiger partial charge on any atom is -0.392 e. The number of nitrogens with zero attached hydrogens (tertiary/aromatic N) is 8. The molecular formula is C29H31F3N10O3. The number of hydrogen-bond donors (Lipinski definition) is 3. The molecule has 0 aliphatic heterocycles. The SMILES string of the molecule is [2H]C([2H])([2H])n1c(=O)n([C@@H]2CC[C@](C)(NC(=O)C3CC3)C2)c2cc(Nc3cc(CO)c4nn(C)c(-c5cnn(C(F)(F)F)c5)c4n3)ncc21. The maximum Gasteiger partial charge on any atom is 0.504 e. The Balaban J connectivity index is 1.28. The summed E-state index contributed by atoms with van der Waals surface area (Å²) in [4.78, 5) is 35.2. The Kier molecular flexibility index (Phi) is 5.77. The number of amides is 1. The molecule has 0 bridgehead atoms. The van der Waals surface area contributed by atoms with Gasteiger partial charge < -0.3 is 15.7 Å². The van der Waals surface area contributed by atoms with Crippen LogP contribution in [0.4, 0.5) is 24.8 Å². The molecule has 0 unspecified atom stereocenters. The highest BCUT2D eigenvalue weighted by Gasteiger charge is 2.41. The molecule has 2 saturated carbocycles. The van der Waals surface area contributed by atoms with Gasteiger partial charge in [-0.1, -0.05) is 0 Å². The number of alkyl halides is 3. The van der Waals surface area contributed by atoms with Crippen molar-refractivity contribution in [1.82, 2.24) is 44.0 Å². The van der Waals surface area contributed by atoms with E-state index in [9.17, 15) is 27.9 Å². The second kappa shape index (κ2) is 10.2. The Morgan fingerprint density at radius 2 is 1.98 bits per heavy atom. The summed E-state index contributed by atoms with van der Waals surface area (Å²) in [7, 11) is 1.53. The predicted molar refractivity (Wildman–Crippen MR) is 157 cm³/mol. The number of fused-ring (bicyclic) bond motifs is 2. The quantitative estimate of drug-likeness (QED) is 0.248. The van der Waals surface area contributed by atoms with Crippen LogP contribution >= 0.6 is 0 Å². The Hall–Kier alpha value is -4.73. The van der Waals surface area contributed by atoms with E-state index in [4.69, 9.17) is 4.11 Å².